The molecule has 0 unspecified atom stereocenters. The molecule has 1 rings (SSSR count). The van der Waals surface area contributed by atoms with E-state index in [2.05, 4.69) is 5.16 Å². The number of benzene rings is 1. The van der Waals surface area contributed by atoms with Crippen molar-refractivity contribution in [3.63, 3.8) is 0 Å². The smallest absolute Gasteiger partial charge is 0.255 e. The summed E-state index contributed by atoms with van der Waals surface area (Å²) in [6.45, 7) is -0.222. The monoisotopic (exact) mass is 350 g/mol. The lowest BCUT2D eigenvalue weighted by Crippen LogP contribution is -2.20. The van der Waals surface area contributed by atoms with Crippen molar-refractivity contribution >= 4 is 34.7 Å². The molecule has 0 bridgehead atoms. The van der Waals surface area contributed by atoms with E-state index in [0.717, 1.165) is 3.57 Å². The Morgan fingerprint density at radius 3 is 2.88 bits per heavy atom. The molecule has 0 aliphatic carbocycles. The third kappa shape index (κ3) is 3.77. The second-order valence-electron chi connectivity index (χ2n) is 3.03. The number of amides is 1. The number of oxime groups is 1. The van der Waals surface area contributed by atoms with Crippen LogP contribution in [0.15, 0.2) is 17.3 Å². The van der Waals surface area contributed by atoms with Crippen molar-refractivity contribution in [1.29, 1.82) is 0 Å². The van der Waals surface area contributed by atoms with E-state index >= 15 is 0 Å². The summed E-state index contributed by atoms with van der Waals surface area (Å²) in [6.07, 6.45) is 1.27. The number of halogens is 1. The molecule has 1 aromatic carbocycles. The summed E-state index contributed by atoms with van der Waals surface area (Å²) in [5.41, 5.74) is 5.65. The highest BCUT2D eigenvalue weighted by Crippen LogP contribution is 2.33. The first-order chi connectivity index (χ1) is 8.08. The number of hydrogen-bond donors (Lipinski definition) is 2. The van der Waals surface area contributed by atoms with E-state index in [1.54, 1.807) is 12.1 Å². The van der Waals surface area contributed by atoms with Crippen molar-refractivity contribution in [1.82, 2.24) is 0 Å². The molecule has 92 valence electrons. The lowest BCUT2D eigenvalue weighted by Gasteiger charge is -2.12. The summed E-state index contributed by atoms with van der Waals surface area (Å²) in [7, 11) is 1.47. The van der Waals surface area contributed by atoms with Gasteiger partial charge in [0.05, 0.1) is 16.9 Å². The minimum atomic E-state index is -0.566. The van der Waals surface area contributed by atoms with Gasteiger partial charge >= 0.3 is 0 Å². The van der Waals surface area contributed by atoms with Gasteiger partial charge in [-0.3, -0.25) is 4.79 Å². The van der Waals surface area contributed by atoms with Gasteiger partial charge in [0.15, 0.2) is 18.1 Å². The van der Waals surface area contributed by atoms with Crippen LogP contribution in [0.2, 0.25) is 0 Å². The lowest BCUT2D eigenvalue weighted by molar-refractivity contribution is -0.119. The van der Waals surface area contributed by atoms with Crippen molar-refractivity contribution in [2.24, 2.45) is 10.9 Å². The summed E-state index contributed by atoms with van der Waals surface area (Å²) in [5.74, 6) is 0.305. The van der Waals surface area contributed by atoms with Crippen molar-refractivity contribution in [3.05, 3.63) is 21.3 Å². The molecule has 0 radical (unpaired) electrons. The molecule has 1 amide bonds. The minimum absolute atomic E-state index is 0.222. The molecule has 0 aromatic heterocycles. The summed E-state index contributed by atoms with van der Waals surface area (Å²) >= 11 is 2.02. The van der Waals surface area contributed by atoms with E-state index < -0.39 is 5.91 Å². The largest absolute Gasteiger partial charge is 0.493 e. The summed E-state index contributed by atoms with van der Waals surface area (Å²) in [4.78, 5) is 10.7. The van der Waals surface area contributed by atoms with Crippen LogP contribution < -0.4 is 15.2 Å². The lowest BCUT2D eigenvalue weighted by atomic mass is 10.2. The topological polar surface area (TPSA) is 94.1 Å². The van der Waals surface area contributed by atoms with Crippen LogP contribution in [0.25, 0.3) is 0 Å². The maximum Gasteiger partial charge on any atom is 0.255 e. The molecule has 0 heterocycles. The Labute approximate surface area is 112 Å². The van der Waals surface area contributed by atoms with E-state index in [4.69, 9.17) is 20.4 Å². The molecular formula is C10H11IN2O4. The zero-order chi connectivity index (χ0) is 12.8. The van der Waals surface area contributed by atoms with Gasteiger partial charge in [-0.25, -0.2) is 0 Å². The highest BCUT2D eigenvalue weighted by Gasteiger charge is 2.12. The van der Waals surface area contributed by atoms with Crippen molar-refractivity contribution < 1.29 is 19.5 Å². The summed E-state index contributed by atoms with van der Waals surface area (Å²) in [6, 6.07) is 3.34. The molecular weight excluding hydrogens is 339 g/mol. The molecule has 3 N–H and O–H groups in total. The fraction of sp³-hybridized carbons (Fsp3) is 0.200. The van der Waals surface area contributed by atoms with E-state index in [-0.39, 0.29) is 6.61 Å². The van der Waals surface area contributed by atoms with Crippen LogP contribution in [0.4, 0.5) is 0 Å². The zero-order valence-electron chi connectivity index (χ0n) is 9.01. The number of ether oxygens (including phenoxy) is 2. The van der Waals surface area contributed by atoms with Crippen molar-refractivity contribution in [3.8, 4) is 11.5 Å². The fourth-order valence-corrected chi connectivity index (χ4v) is 1.95. The molecule has 1 aromatic rings. The van der Waals surface area contributed by atoms with E-state index in [1.807, 2.05) is 22.6 Å². The fourth-order valence-electron chi connectivity index (χ4n) is 1.16. The Hall–Kier alpha value is -1.51. The quantitative estimate of drug-likeness (QED) is 0.358. The summed E-state index contributed by atoms with van der Waals surface area (Å²) < 4.78 is 11.1. The number of rotatable bonds is 5. The van der Waals surface area contributed by atoms with Crippen LogP contribution in [-0.4, -0.2) is 31.0 Å². The first-order valence-corrected chi connectivity index (χ1v) is 5.62. The van der Waals surface area contributed by atoms with Gasteiger partial charge in [0.25, 0.3) is 5.91 Å². The van der Waals surface area contributed by atoms with Crippen LogP contribution in [0.3, 0.4) is 0 Å². The Morgan fingerprint density at radius 2 is 2.35 bits per heavy atom. The highest BCUT2D eigenvalue weighted by atomic mass is 127. The molecule has 0 fully saturated rings. The number of methoxy groups -OCH3 is 1. The predicted molar refractivity (Wildman–Crippen MR) is 69.8 cm³/mol. The van der Waals surface area contributed by atoms with E-state index in [9.17, 15) is 4.79 Å². The van der Waals surface area contributed by atoms with Gasteiger partial charge in [-0.15, -0.1) is 0 Å². The number of nitrogens with two attached hydrogens (primary N) is 1. The molecule has 0 atom stereocenters. The van der Waals surface area contributed by atoms with Crippen LogP contribution in [-0.2, 0) is 4.79 Å². The summed E-state index contributed by atoms with van der Waals surface area (Å²) in [5, 5.41) is 11.4. The normalized spacial score (nSPS) is 10.5. The molecule has 17 heavy (non-hydrogen) atoms. The number of hydrogen-bond acceptors (Lipinski definition) is 5. The molecule has 0 saturated heterocycles. The standard InChI is InChI=1S/C10H11IN2O4/c1-16-8-3-6(4-13-15)2-7(11)10(8)17-5-9(12)14/h2-4,15H,5H2,1H3,(H2,12,14)/b13-4+. The van der Waals surface area contributed by atoms with Gasteiger partial charge in [0, 0.05) is 5.56 Å². The average molecular weight is 350 g/mol. The maximum absolute atomic E-state index is 10.7. The maximum atomic E-state index is 10.7. The van der Waals surface area contributed by atoms with Crippen LogP contribution in [0.5, 0.6) is 11.5 Å². The number of nitrogens with zero attached hydrogens (tertiary/aromatic N) is 1. The van der Waals surface area contributed by atoms with Crippen LogP contribution in [0, 0.1) is 3.57 Å². The van der Waals surface area contributed by atoms with Gasteiger partial charge < -0.3 is 20.4 Å². The minimum Gasteiger partial charge on any atom is -0.493 e. The predicted octanol–water partition coefficient (Wildman–Crippen LogP) is 0.972. The van der Waals surface area contributed by atoms with E-state index in [1.165, 1.54) is 13.3 Å². The van der Waals surface area contributed by atoms with Crippen LogP contribution in [0.1, 0.15) is 5.56 Å². The molecule has 6 nitrogen and oxygen atoms in total. The zero-order valence-corrected chi connectivity index (χ0v) is 11.2. The first-order valence-electron chi connectivity index (χ1n) is 4.54. The van der Waals surface area contributed by atoms with Crippen molar-refractivity contribution in [2.45, 2.75) is 0 Å². The molecule has 0 spiro atoms. The second kappa shape index (κ2) is 6.28. The Bertz CT molecular complexity index is 448. The Morgan fingerprint density at radius 1 is 1.65 bits per heavy atom. The third-order valence-electron chi connectivity index (χ3n) is 1.82. The third-order valence-corrected chi connectivity index (χ3v) is 2.62. The number of carbonyl (C=O) groups is 1. The number of carbonyl (C=O) groups excluding carboxylic acids is 1. The van der Waals surface area contributed by atoms with Gasteiger partial charge in [-0.1, -0.05) is 5.16 Å². The van der Waals surface area contributed by atoms with E-state index in [0.29, 0.717) is 17.1 Å². The molecule has 7 heteroatoms. The molecule has 0 aliphatic heterocycles. The Kier molecular flexibility index (Phi) is 5.01. The number of primary amides is 1. The molecule has 0 saturated carbocycles. The van der Waals surface area contributed by atoms with Crippen molar-refractivity contribution in [2.75, 3.05) is 13.7 Å². The van der Waals surface area contributed by atoms with Gasteiger partial charge in [0.2, 0.25) is 0 Å². The van der Waals surface area contributed by atoms with Gasteiger partial charge in [-0.05, 0) is 34.7 Å². The SMILES string of the molecule is COc1cc(/C=N/O)cc(I)c1OCC(N)=O. The molecule has 0 aliphatic rings. The average Bonchev–Trinajstić information content (AvgIpc) is 2.27. The van der Waals surface area contributed by atoms with Gasteiger partial charge in [-0.2, -0.15) is 0 Å². The highest BCUT2D eigenvalue weighted by molar-refractivity contribution is 14.1. The first kappa shape index (κ1) is 13.6. The second-order valence-corrected chi connectivity index (χ2v) is 4.20. The van der Waals surface area contributed by atoms with Gasteiger partial charge in [0.1, 0.15) is 0 Å². The Balaban J connectivity index is 3.07. The van der Waals surface area contributed by atoms with Crippen LogP contribution >= 0.6 is 22.6 Å².